The van der Waals surface area contributed by atoms with Gasteiger partial charge in [0.2, 0.25) is 11.8 Å². The summed E-state index contributed by atoms with van der Waals surface area (Å²) < 4.78 is 11.3. The Morgan fingerprint density at radius 2 is 1.86 bits per heavy atom. The molecule has 2 unspecified atom stereocenters. The molecule has 10 heteroatoms. The van der Waals surface area contributed by atoms with Gasteiger partial charge in [0.05, 0.1) is 18.4 Å². The highest BCUT2D eigenvalue weighted by molar-refractivity contribution is 6.27. The topological polar surface area (TPSA) is 151 Å². The van der Waals surface area contributed by atoms with Gasteiger partial charge in [0.15, 0.2) is 0 Å². The molecule has 2 amide bonds. The first kappa shape index (κ1) is 26.5. The van der Waals surface area contributed by atoms with Gasteiger partial charge in [0.25, 0.3) is 0 Å². The van der Waals surface area contributed by atoms with Crippen LogP contribution < -0.4 is 20.1 Å². The number of benzene rings is 1. The van der Waals surface area contributed by atoms with Gasteiger partial charge in [-0.05, 0) is 50.8 Å². The number of aliphatic carboxylic acids is 2. The fraction of sp³-hybridized carbons (Fsp3) is 0.600. The number of hydrogen-bond acceptors (Lipinski definition) is 7. The molecule has 0 radical (unpaired) electrons. The fourth-order valence-corrected chi connectivity index (χ4v) is 5.38. The van der Waals surface area contributed by atoms with Crippen molar-refractivity contribution in [3.8, 4) is 11.5 Å². The summed E-state index contributed by atoms with van der Waals surface area (Å²) >= 11 is 0. The van der Waals surface area contributed by atoms with Crippen molar-refractivity contribution >= 4 is 23.8 Å². The van der Waals surface area contributed by atoms with Crippen LogP contribution in [0.4, 0.5) is 0 Å². The third-order valence-electron chi connectivity index (χ3n) is 7.15. The van der Waals surface area contributed by atoms with Crippen LogP contribution >= 0.6 is 0 Å². The predicted octanol–water partition coefficient (Wildman–Crippen LogP) is 2.14. The molecule has 2 fully saturated rings. The summed E-state index contributed by atoms with van der Waals surface area (Å²) in [6.07, 6.45) is 8.67. The van der Waals surface area contributed by atoms with E-state index in [4.69, 9.17) is 29.3 Å². The molecule has 2 aliphatic heterocycles. The van der Waals surface area contributed by atoms with Crippen LogP contribution in [-0.2, 0) is 25.6 Å². The summed E-state index contributed by atoms with van der Waals surface area (Å²) in [5, 5.41) is 21.0. The second-order valence-corrected chi connectivity index (χ2v) is 9.30. The van der Waals surface area contributed by atoms with Crippen molar-refractivity contribution in [1.82, 2.24) is 10.6 Å². The standard InChI is InChI=1S/C23H32N2O4.C2H2O4/c1-28-19-9-7-10-20-17(19)14-16(15-29-20)24-13-6-3-8-18-21(26)25-22(27)23(18)11-4-2-5-12-23;3-1(4)2(5)6/h7,9-10,16,18,24H,2-6,8,11-15H2,1H3,(H,25,26,27);(H,3,4)(H,5,6). The van der Waals surface area contributed by atoms with Crippen LogP contribution in [0.25, 0.3) is 0 Å². The molecule has 4 rings (SSSR count). The van der Waals surface area contributed by atoms with Gasteiger partial charge in [-0.2, -0.15) is 0 Å². The van der Waals surface area contributed by atoms with Crippen molar-refractivity contribution in [1.29, 1.82) is 0 Å². The molecular weight excluding hydrogens is 456 g/mol. The second-order valence-electron chi connectivity index (χ2n) is 9.30. The first-order chi connectivity index (χ1) is 16.8. The lowest BCUT2D eigenvalue weighted by Gasteiger charge is -2.35. The number of methoxy groups -OCH3 is 1. The van der Waals surface area contributed by atoms with E-state index in [9.17, 15) is 9.59 Å². The number of nitrogens with one attached hydrogen (secondary N) is 2. The molecule has 192 valence electrons. The molecule has 4 N–H and O–H groups in total. The Balaban J connectivity index is 0.000000509. The van der Waals surface area contributed by atoms with E-state index in [1.54, 1.807) is 7.11 Å². The van der Waals surface area contributed by atoms with Crippen molar-refractivity contribution in [2.75, 3.05) is 20.3 Å². The molecule has 3 aliphatic rings. The zero-order valence-corrected chi connectivity index (χ0v) is 20.0. The Morgan fingerprint density at radius 1 is 1.14 bits per heavy atom. The number of ether oxygens (including phenoxy) is 2. The largest absolute Gasteiger partial charge is 0.496 e. The van der Waals surface area contributed by atoms with Crippen LogP contribution in [0, 0.1) is 11.3 Å². The lowest BCUT2D eigenvalue weighted by molar-refractivity contribution is -0.159. The van der Waals surface area contributed by atoms with Crippen molar-refractivity contribution in [2.45, 2.75) is 63.8 Å². The second kappa shape index (κ2) is 12.0. The van der Waals surface area contributed by atoms with E-state index in [2.05, 4.69) is 10.6 Å². The fourth-order valence-electron chi connectivity index (χ4n) is 5.38. The van der Waals surface area contributed by atoms with Crippen molar-refractivity contribution in [2.24, 2.45) is 11.3 Å². The van der Waals surface area contributed by atoms with E-state index in [1.807, 2.05) is 18.2 Å². The molecule has 1 saturated carbocycles. The molecule has 2 atom stereocenters. The number of carboxylic acids is 2. The van der Waals surface area contributed by atoms with Crippen LogP contribution in [0.5, 0.6) is 11.5 Å². The zero-order chi connectivity index (χ0) is 25.4. The third-order valence-corrected chi connectivity index (χ3v) is 7.15. The lowest BCUT2D eigenvalue weighted by atomic mass is 9.66. The Bertz CT molecular complexity index is 915. The van der Waals surface area contributed by atoms with E-state index >= 15 is 0 Å². The molecular formula is C25H34N2O8. The van der Waals surface area contributed by atoms with Crippen molar-refractivity contribution < 1.29 is 38.9 Å². The summed E-state index contributed by atoms with van der Waals surface area (Å²) in [7, 11) is 1.69. The zero-order valence-electron chi connectivity index (χ0n) is 20.0. The van der Waals surface area contributed by atoms with Gasteiger partial charge in [-0.25, -0.2) is 9.59 Å². The number of hydrogen-bond donors (Lipinski definition) is 4. The summed E-state index contributed by atoms with van der Waals surface area (Å²) in [4.78, 5) is 43.0. The maximum absolute atomic E-state index is 12.5. The van der Waals surface area contributed by atoms with Gasteiger partial charge in [-0.1, -0.05) is 31.7 Å². The SMILES string of the molecule is COc1cccc2c1CC(NCCCCC1C(=O)NC(=O)C13CCCCC3)CO2.O=C(O)C(=O)O. The van der Waals surface area contributed by atoms with Crippen LogP contribution in [0.3, 0.4) is 0 Å². The van der Waals surface area contributed by atoms with Gasteiger partial charge in [0.1, 0.15) is 18.1 Å². The molecule has 35 heavy (non-hydrogen) atoms. The van der Waals surface area contributed by atoms with Gasteiger partial charge < -0.3 is 25.0 Å². The number of amides is 2. The minimum Gasteiger partial charge on any atom is -0.496 e. The number of carboxylic acid groups (broad SMARTS) is 2. The van der Waals surface area contributed by atoms with Crippen molar-refractivity contribution in [3.63, 3.8) is 0 Å². The molecule has 1 saturated heterocycles. The van der Waals surface area contributed by atoms with E-state index < -0.39 is 17.4 Å². The molecule has 10 nitrogen and oxygen atoms in total. The number of fused-ring (bicyclic) bond motifs is 1. The first-order valence-electron chi connectivity index (χ1n) is 12.1. The normalized spacial score (nSPS) is 22.3. The first-order valence-corrected chi connectivity index (χ1v) is 12.1. The molecule has 1 aliphatic carbocycles. The third kappa shape index (κ3) is 6.30. The maximum Gasteiger partial charge on any atom is 0.414 e. The predicted molar refractivity (Wildman–Crippen MR) is 125 cm³/mol. The smallest absolute Gasteiger partial charge is 0.414 e. The average Bonchev–Trinajstić information content (AvgIpc) is 3.07. The van der Waals surface area contributed by atoms with E-state index in [-0.39, 0.29) is 23.8 Å². The van der Waals surface area contributed by atoms with Crippen LogP contribution in [-0.4, -0.2) is 60.3 Å². The highest BCUT2D eigenvalue weighted by atomic mass is 16.5. The Kier molecular flexibility index (Phi) is 9.08. The summed E-state index contributed by atoms with van der Waals surface area (Å²) in [5.41, 5.74) is 0.708. The van der Waals surface area contributed by atoms with Crippen LogP contribution in [0.1, 0.15) is 56.9 Å². The number of carbonyl (C=O) groups is 4. The van der Waals surface area contributed by atoms with Gasteiger partial charge in [-0.15, -0.1) is 0 Å². The molecule has 0 bridgehead atoms. The minimum atomic E-state index is -1.82. The quantitative estimate of drug-likeness (QED) is 0.256. The molecule has 0 aromatic heterocycles. The summed E-state index contributed by atoms with van der Waals surface area (Å²) in [6.45, 7) is 1.54. The maximum atomic E-state index is 12.5. The van der Waals surface area contributed by atoms with E-state index in [1.165, 1.54) is 6.42 Å². The van der Waals surface area contributed by atoms with Gasteiger partial charge >= 0.3 is 11.9 Å². The summed E-state index contributed by atoms with van der Waals surface area (Å²) in [6, 6.07) is 6.18. The Labute approximate surface area is 204 Å². The highest BCUT2D eigenvalue weighted by Crippen LogP contribution is 2.47. The number of rotatable bonds is 7. The Hall–Kier alpha value is -3.14. The highest BCUT2D eigenvalue weighted by Gasteiger charge is 2.54. The summed E-state index contributed by atoms with van der Waals surface area (Å²) in [5.74, 6) is -2.05. The number of imide groups is 1. The van der Waals surface area contributed by atoms with E-state index in [0.717, 1.165) is 75.0 Å². The number of carbonyl (C=O) groups excluding carboxylic acids is 2. The van der Waals surface area contributed by atoms with Crippen molar-refractivity contribution in [3.05, 3.63) is 23.8 Å². The Morgan fingerprint density at radius 3 is 2.51 bits per heavy atom. The van der Waals surface area contributed by atoms with Crippen LogP contribution in [0.2, 0.25) is 0 Å². The molecule has 2 heterocycles. The lowest BCUT2D eigenvalue weighted by Crippen LogP contribution is -2.40. The molecule has 1 aromatic carbocycles. The minimum absolute atomic E-state index is 0.0164. The molecule has 1 spiro atoms. The van der Waals surface area contributed by atoms with Gasteiger partial charge in [0, 0.05) is 11.6 Å². The molecule has 1 aromatic rings. The van der Waals surface area contributed by atoms with Crippen LogP contribution in [0.15, 0.2) is 18.2 Å². The monoisotopic (exact) mass is 490 g/mol. The van der Waals surface area contributed by atoms with Gasteiger partial charge in [-0.3, -0.25) is 14.9 Å². The average molecular weight is 491 g/mol. The van der Waals surface area contributed by atoms with E-state index in [0.29, 0.717) is 6.61 Å². The number of unbranched alkanes of at least 4 members (excludes halogenated alkanes) is 1.